The third-order valence-corrected chi connectivity index (χ3v) is 2.74. The summed E-state index contributed by atoms with van der Waals surface area (Å²) in [7, 11) is 0. The van der Waals surface area contributed by atoms with Gasteiger partial charge >= 0.3 is 0 Å². The topological polar surface area (TPSA) is 60.2 Å². The fourth-order valence-corrected chi connectivity index (χ4v) is 1.59. The van der Waals surface area contributed by atoms with E-state index in [0.29, 0.717) is 17.7 Å². The second kappa shape index (κ2) is 4.92. The molecule has 0 fully saturated rings. The average Bonchev–Trinajstić information content (AvgIpc) is 2.23. The van der Waals surface area contributed by atoms with E-state index >= 15 is 0 Å². The molecule has 0 amide bonds. The van der Waals surface area contributed by atoms with Gasteiger partial charge in [0.1, 0.15) is 5.78 Å². The van der Waals surface area contributed by atoms with Crippen LogP contribution in [-0.2, 0) is 4.79 Å². The molecule has 1 rings (SSSR count). The van der Waals surface area contributed by atoms with Gasteiger partial charge in [-0.15, -0.1) is 0 Å². The van der Waals surface area contributed by atoms with Gasteiger partial charge in [-0.2, -0.15) is 0 Å². The SMILES string of the molecule is CC(=O)CCC(=O)c1ccc(C)c(N)c1C. The first-order valence-corrected chi connectivity index (χ1v) is 5.31. The molecule has 0 heterocycles. The van der Waals surface area contributed by atoms with E-state index in [1.165, 1.54) is 6.92 Å². The van der Waals surface area contributed by atoms with Gasteiger partial charge in [-0.1, -0.05) is 12.1 Å². The third-order valence-electron chi connectivity index (χ3n) is 2.74. The maximum atomic E-state index is 11.8. The summed E-state index contributed by atoms with van der Waals surface area (Å²) in [6, 6.07) is 3.62. The van der Waals surface area contributed by atoms with Crippen molar-refractivity contribution in [2.45, 2.75) is 33.6 Å². The Hall–Kier alpha value is -1.64. The molecule has 0 aromatic heterocycles. The van der Waals surface area contributed by atoms with Gasteiger partial charge in [0.2, 0.25) is 0 Å². The van der Waals surface area contributed by atoms with Crippen LogP contribution in [0.3, 0.4) is 0 Å². The lowest BCUT2D eigenvalue weighted by Crippen LogP contribution is -2.07. The molecular formula is C13H17NO2. The first-order valence-electron chi connectivity index (χ1n) is 5.31. The number of hydrogen-bond donors (Lipinski definition) is 1. The van der Waals surface area contributed by atoms with Crippen molar-refractivity contribution in [3.63, 3.8) is 0 Å². The van der Waals surface area contributed by atoms with Crippen molar-refractivity contribution in [2.24, 2.45) is 0 Å². The molecule has 3 heteroatoms. The van der Waals surface area contributed by atoms with E-state index in [0.717, 1.165) is 11.1 Å². The van der Waals surface area contributed by atoms with E-state index in [1.54, 1.807) is 6.07 Å². The molecule has 16 heavy (non-hydrogen) atoms. The minimum Gasteiger partial charge on any atom is -0.398 e. The van der Waals surface area contributed by atoms with E-state index < -0.39 is 0 Å². The highest BCUT2D eigenvalue weighted by atomic mass is 16.1. The molecule has 3 nitrogen and oxygen atoms in total. The molecule has 0 radical (unpaired) electrons. The van der Waals surface area contributed by atoms with E-state index in [1.807, 2.05) is 19.9 Å². The predicted octanol–water partition coefficient (Wildman–Crippen LogP) is 2.44. The number of ketones is 2. The van der Waals surface area contributed by atoms with E-state index in [-0.39, 0.29) is 18.0 Å². The number of hydrogen-bond acceptors (Lipinski definition) is 3. The standard InChI is InChI=1S/C13H17NO2/c1-8-4-6-11(10(3)13(8)14)12(16)7-5-9(2)15/h4,6H,5,7,14H2,1-3H3. The Morgan fingerprint density at radius 1 is 1.19 bits per heavy atom. The van der Waals surface area contributed by atoms with Crippen LogP contribution in [0.25, 0.3) is 0 Å². The quantitative estimate of drug-likeness (QED) is 0.625. The molecule has 0 aliphatic heterocycles. The highest BCUT2D eigenvalue weighted by Crippen LogP contribution is 2.21. The Bertz CT molecular complexity index is 436. The molecule has 86 valence electrons. The summed E-state index contributed by atoms with van der Waals surface area (Å²) in [6.45, 7) is 5.24. The molecule has 0 aliphatic carbocycles. The van der Waals surface area contributed by atoms with E-state index in [4.69, 9.17) is 5.73 Å². The van der Waals surface area contributed by atoms with Crippen LogP contribution in [0.15, 0.2) is 12.1 Å². The molecular weight excluding hydrogens is 202 g/mol. The van der Waals surface area contributed by atoms with Crippen LogP contribution in [-0.4, -0.2) is 11.6 Å². The predicted molar refractivity (Wildman–Crippen MR) is 64.6 cm³/mol. The van der Waals surface area contributed by atoms with Crippen molar-refractivity contribution in [3.8, 4) is 0 Å². The van der Waals surface area contributed by atoms with Crippen LogP contribution < -0.4 is 5.73 Å². The molecule has 0 aliphatic rings. The van der Waals surface area contributed by atoms with E-state index in [2.05, 4.69) is 0 Å². The molecule has 0 saturated heterocycles. The smallest absolute Gasteiger partial charge is 0.163 e. The number of benzene rings is 1. The maximum Gasteiger partial charge on any atom is 0.163 e. The van der Waals surface area contributed by atoms with Gasteiger partial charge in [0, 0.05) is 24.1 Å². The summed E-state index contributed by atoms with van der Waals surface area (Å²) in [4.78, 5) is 22.6. The first-order chi connectivity index (χ1) is 7.43. The number of rotatable bonds is 4. The molecule has 0 bridgehead atoms. The van der Waals surface area contributed by atoms with Crippen LogP contribution in [0.5, 0.6) is 0 Å². The Morgan fingerprint density at radius 2 is 1.81 bits per heavy atom. The second-order valence-electron chi connectivity index (χ2n) is 4.09. The zero-order valence-electron chi connectivity index (χ0n) is 9.96. The highest BCUT2D eigenvalue weighted by Gasteiger charge is 2.12. The van der Waals surface area contributed by atoms with Gasteiger partial charge < -0.3 is 10.5 Å². The number of carbonyl (C=O) groups excluding carboxylic acids is 2. The molecule has 0 unspecified atom stereocenters. The Labute approximate surface area is 95.6 Å². The summed E-state index contributed by atoms with van der Waals surface area (Å²) in [5, 5.41) is 0. The minimum atomic E-state index is -0.0144. The summed E-state index contributed by atoms with van der Waals surface area (Å²) in [6.07, 6.45) is 0.560. The largest absolute Gasteiger partial charge is 0.398 e. The third kappa shape index (κ3) is 2.69. The number of carbonyl (C=O) groups is 2. The van der Waals surface area contributed by atoms with Gasteiger partial charge in [-0.25, -0.2) is 0 Å². The van der Waals surface area contributed by atoms with Crippen molar-refractivity contribution in [3.05, 3.63) is 28.8 Å². The molecule has 2 N–H and O–H groups in total. The van der Waals surface area contributed by atoms with Crippen molar-refractivity contribution in [1.29, 1.82) is 0 Å². The monoisotopic (exact) mass is 219 g/mol. The van der Waals surface area contributed by atoms with Crippen LogP contribution in [0, 0.1) is 13.8 Å². The summed E-state index contributed by atoms with van der Waals surface area (Å²) in [5.74, 6) is 0.0190. The number of anilines is 1. The Kier molecular flexibility index (Phi) is 3.82. The van der Waals surface area contributed by atoms with Crippen molar-refractivity contribution in [1.82, 2.24) is 0 Å². The lowest BCUT2D eigenvalue weighted by Gasteiger charge is -2.09. The van der Waals surface area contributed by atoms with Crippen LogP contribution in [0.2, 0.25) is 0 Å². The highest BCUT2D eigenvalue weighted by molar-refractivity contribution is 6.00. The van der Waals surface area contributed by atoms with Crippen LogP contribution in [0.1, 0.15) is 41.3 Å². The second-order valence-corrected chi connectivity index (χ2v) is 4.09. The summed E-state index contributed by atoms with van der Waals surface area (Å²) >= 11 is 0. The Morgan fingerprint density at radius 3 is 2.38 bits per heavy atom. The zero-order chi connectivity index (χ0) is 12.3. The molecule has 1 aromatic rings. The van der Waals surface area contributed by atoms with Gasteiger partial charge in [-0.3, -0.25) is 4.79 Å². The summed E-state index contributed by atoms with van der Waals surface area (Å²) < 4.78 is 0. The molecule has 1 aromatic carbocycles. The Balaban J connectivity index is 2.92. The van der Waals surface area contributed by atoms with Gasteiger partial charge in [0.05, 0.1) is 0 Å². The van der Waals surface area contributed by atoms with Gasteiger partial charge in [0.25, 0.3) is 0 Å². The number of nitrogen functional groups attached to an aromatic ring is 1. The van der Waals surface area contributed by atoms with Crippen LogP contribution in [0.4, 0.5) is 5.69 Å². The lowest BCUT2D eigenvalue weighted by molar-refractivity contribution is -0.116. The number of nitrogens with two attached hydrogens (primary N) is 1. The normalized spacial score (nSPS) is 10.2. The lowest BCUT2D eigenvalue weighted by atomic mass is 9.97. The zero-order valence-corrected chi connectivity index (χ0v) is 9.96. The molecule has 0 atom stereocenters. The molecule has 0 spiro atoms. The number of Topliss-reactive ketones (excluding diaryl/α,β-unsaturated/α-hetero) is 2. The maximum absolute atomic E-state index is 11.8. The van der Waals surface area contributed by atoms with Crippen LogP contribution >= 0.6 is 0 Å². The fraction of sp³-hybridized carbons (Fsp3) is 0.385. The van der Waals surface area contributed by atoms with Crippen molar-refractivity contribution >= 4 is 17.3 Å². The number of aryl methyl sites for hydroxylation is 1. The van der Waals surface area contributed by atoms with Crippen molar-refractivity contribution in [2.75, 3.05) is 5.73 Å². The fourth-order valence-electron chi connectivity index (χ4n) is 1.59. The molecule has 0 saturated carbocycles. The van der Waals surface area contributed by atoms with E-state index in [9.17, 15) is 9.59 Å². The first kappa shape index (κ1) is 12.4. The van der Waals surface area contributed by atoms with Crippen molar-refractivity contribution < 1.29 is 9.59 Å². The minimum absolute atomic E-state index is 0.0144. The van der Waals surface area contributed by atoms with Gasteiger partial charge in [-0.05, 0) is 31.9 Å². The van der Waals surface area contributed by atoms with Gasteiger partial charge in [0.15, 0.2) is 5.78 Å². The summed E-state index contributed by atoms with van der Waals surface area (Å²) in [5.41, 5.74) is 8.93. The average molecular weight is 219 g/mol.